The summed E-state index contributed by atoms with van der Waals surface area (Å²) >= 11 is 6.17. The van der Waals surface area contributed by atoms with Crippen LogP contribution in [0.15, 0.2) is 42.5 Å². The lowest BCUT2D eigenvalue weighted by molar-refractivity contribution is 0.0233. The van der Waals surface area contributed by atoms with Crippen LogP contribution in [0.4, 0.5) is 0 Å². The van der Waals surface area contributed by atoms with Crippen LogP contribution in [0.25, 0.3) is 0 Å². The van der Waals surface area contributed by atoms with E-state index in [1.165, 1.54) is 6.07 Å². The summed E-state index contributed by atoms with van der Waals surface area (Å²) in [4.78, 5) is 17.4. The average Bonchev–Trinajstić information content (AvgIpc) is 2.81. The standard InChI is InChI=1S/C17H16ClNO4/c18-14-9-13(10-15-16(14)22-8-4-7-21-15)17(20)19-23-11-12-5-2-1-3-6-12/h1-3,5-6,9-10H,4,7-8,11H2,(H,19,20). The maximum atomic E-state index is 12.2. The van der Waals surface area contributed by atoms with Crippen molar-refractivity contribution in [1.29, 1.82) is 0 Å². The highest BCUT2D eigenvalue weighted by Gasteiger charge is 2.18. The fraction of sp³-hybridized carbons (Fsp3) is 0.235. The van der Waals surface area contributed by atoms with Crippen molar-refractivity contribution in [1.82, 2.24) is 5.48 Å². The highest BCUT2D eigenvalue weighted by atomic mass is 35.5. The number of hydrogen-bond donors (Lipinski definition) is 1. The lowest BCUT2D eigenvalue weighted by atomic mass is 10.2. The van der Waals surface area contributed by atoms with Crippen molar-refractivity contribution in [3.8, 4) is 11.5 Å². The highest BCUT2D eigenvalue weighted by molar-refractivity contribution is 6.32. The molecule has 23 heavy (non-hydrogen) atoms. The van der Waals surface area contributed by atoms with Crippen LogP contribution in [0.2, 0.25) is 5.02 Å². The molecule has 0 saturated carbocycles. The molecule has 0 radical (unpaired) electrons. The Morgan fingerprint density at radius 3 is 2.78 bits per heavy atom. The van der Waals surface area contributed by atoms with E-state index >= 15 is 0 Å². The third-order valence-electron chi connectivity index (χ3n) is 3.31. The van der Waals surface area contributed by atoms with Gasteiger partial charge in [-0.2, -0.15) is 0 Å². The third kappa shape index (κ3) is 3.94. The molecule has 0 unspecified atom stereocenters. The van der Waals surface area contributed by atoms with Gasteiger partial charge in [-0.05, 0) is 17.7 Å². The van der Waals surface area contributed by atoms with Gasteiger partial charge in [-0.1, -0.05) is 41.9 Å². The third-order valence-corrected chi connectivity index (χ3v) is 3.59. The molecule has 5 nitrogen and oxygen atoms in total. The number of hydroxylamine groups is 1. The molecule has 0 spiro atoms. The van der Waals surface area contributed by atoms with Crippen molar-refractivity contribution in [2.24, 2.45) is 0 Å². The van der Waals surface area contributed by atoms with Crippen LogP contribution in [0.3, 0.4) is 0 Å². The molecule has 0 saturated heterocycles. The zero-order valence-corrected chi connectivity index (χ0v) is 13.1. The van der Waals surface area contributed by atoms with Crippen LogP contribution in [-0.4, -0.2) is 19.1 Å². The summed E-state index contributed by atoms with van der Waals surface area (Å²) in [5.41, 5.74) is 3.72. The quantitative estimate of drug-likeness (QED) is 0.872. The van der Waals surface area contributed by atoms with Crippen molar-refractivity contribution in [2.75, 3.05) is 13.2 Å². The first-order chi connectivity index (χ1) is 11.2. The minimum atomic E-state index is -0.390. The number of amides is 1. The van der Waals surface area contributed by atoms with Gasteiger partial charge in [-0.25, -0.2) is 5.48 Å². The monoisotopic (exact) mass is 333 g/mol. The minimum absolute atomic E-state index is 0.283. The van der Waals surface area contributed by atoms with E-state index in [0.717, 1.165) is 12.0 Å². The molecule has 1 N–H and O–H groups in total. The fourth-order valence-corrected chi connectivity index (χ4v) is 2.45. The molecule has 0 bridgehead atoms. The van der Waals surface area contributed by atoms with Crippen molar-refractivity contribution in [3.63, 3.8) is 0 Å². The first kappa shape index (κ1) is 15.6. The second kappa shape index (κ2) is 7.35. The van der Waals surface area contributed by atoms with Crippen molar-refractivity contribution >= 4 is 17.5 Å². The van der Waals surface area contributed by atoms with E-state index in [1.807, 2.05) is 30.3 Å². The van der Waals surface area contributed by atoms with Crippen LogP contribution in [0, 0.1) is 0 Å². The largest absolute Gasteiger partial charge is 0.489 e. The first-order valence-electron chi connectivity index (χ1n) is 7.29. The smallest absolute Gasteiger partial charge is 0.275 e. The predicted molar refractivity (Wildman–Crippen MR) is 85.8 cm³/mol. The molecule has 0 atom stereocenters. The Balaban J connectivity index is 1.65. The summed E-state index contributed by atoms with van der Waals surface area (Å²) in [6, 6.07) is 12.7. The molecular formula is C17H16ClNO4. The molecule has 0 aliphatic carbocycles. The van der Waals surface area contributed by atoms with E-state index in [2.05, 4.69) is 5.48 Å². The molecule has 0 fully saturated rings. The predicted octanol–water partition coefficient (Wildman–Crippen LogP) is 3.36. The second-order valence-corrected chi connectivity index (χ2v) is 5.45. The van der Waals surface area contributed by atoms with Gasteiger partial charge in [-0.15, -0.1) is 0 Å². The van der Waals surface area contributed by atoms with Gasteiger partial charge in [0.15, 0.2) is 11.5 Å². The highest BCUT2D eigenvalue weighted by Crippen LogP contribution is 2.37. The Kier molecular flexibility index (Phi) is 5.00. The van der Waals surface area contributed by atoms with Gasteiger partial charge < -0.3 is 9.47 Å². The Bertz CT molecular complexity index is 690. The van der Waals surface area contributed by atoms with Crippen LogP contribution in [0.5, 0.6) is 11.5 Å². The number of nitrogens with one attached hydrogen (secondary N) is 1. The van der Waals surface area contributed by atoms with Crippen molar-refractivity contribution in [2.45, 2.75) is 13.0 Å². The van der Waals surface area contributed by atoms with Crippen LogP contribution < -0.4 is 15.0 Å². The van der Waals surface area contributed by atoms with E-state index in [4.69, 9.17) is 25.9 Å². The van der Waals surface area contributed by atoms with Crippen LogP contribution in [-0.2, 0) is 11.4 Å². The Hall–Kier alpha value is -2.24. The minimum Gasteiger partial charge on any atom is -0.489 e. The molecule has 1 amide bonds. The van der Waals surface area contributed by atoms with E-state index in [1.54, 1.807) is 6.07 Å². The van der Waals surface area contributed by atoms with Crippen molar-refractivity contribution < 1.29 is 19.1 Å². The van der Waals surface area contributed by atoms with Gasteiger partial charge in [0.2, 0.25) is 0 Å². The molecule has 6 heteroatoms. The molecule has 3 rings (SSSR count). The molecule has 120 valence electrons. The Labute approximate surface area is 139 Å². The van der Waals surface area contributed by atoms with Gasteiger partial charge in [0.05, 0.1) is 24.8 Å². The summed E-state index contributed by atoms with van der Waals surface area (Å²) in [5.74, 6) is 0.563. The van der Waals surface area contributed by atoms with E-state index in [-0.39, 0.29) is 6.61 Å². The normalized spacial score (nSPS) is 13.3. The summed E-state index contributed by atoms with van der Waals surface area (Å²) in [6.07, 6.45) is 0.771. The first-order valence-corrected chi connectivity index (χ1v) is 7.67. The Morgan fingerprint density at radius 2 is 1.96 bits per heavy atom. The zero-order chi connectivity index (χ0) is 16.1. The maximum Gasteiger partial charge on any atom is 0.275 e. The number of halogens is 1. The fourth-order valence-electron chi connectivity index (χ4n) is 2.18. The molecule has 1 aliphatic rings. The van der Waals surface area contributed by atoms with E-state index in [0.29, 0.717) is 35.3 Å². The summed E-state index contributed by atoms with van der Waals surface area (Å²) in [5, 5.41) is 0.345. The number of benzene rings is 2. The van der Waals surface area contributed by atoms with Crippen molar-refractivity contribution in [3.05, 3.63) is 58.6 Å². The lowest BCUT2D eigenvalue weighted by Gasteiger charge is -2.11. The lowest BCUT2D eigenvalue weighted by Crippen LogP contribution is -2.23. The maximum absolute atomic E-state index is 12.2. The average molecular weight is 334 g/mol. The second-order valence-electron chi connectivity index (χ2n) is 5.04. The number of carbonyl (C=O) groups excluding carboxylic acids is 1. The molecule has 2 aromatic rings. The van der Waals surface area contributed by atoms with Crippen LogP contribution >= 0.6 is 11.6 Å². The molecule has 1 aliphatic heterocycles. The summed E-state index contributed by atoms with van der Waals surface area (Å²) in [6.45, 7) is 1.35. The molecule has 1 heterocycles. The van der Waals surface area contributed by atoms with Gasteiger partial charge in [-0.3, -0.25) is 9.63 Å². The molecular weight excluding hydrogens is 318 g/mol. The van der Waals surface area contributed by atoms with E-state index in [9.17, 15) is 4.79 Å². The van der Waals surface area contributed by atoms with Gasteiger partial charge in [0.25, 0.3) is 5.91 Å². The summed E-state index contributed by atoms with van der Waals surface area (Å²) in [7, 11) is 0. The molecule has 2 aromatic carbocycles. The number of hydrogen-bond acceptors (Lipinski definition) is 4. The Morgan fingerprint density at radius 1 is 1.17 bits per heavy atom. The summed E-state index contributed by atoms with van der Waals surface area (Å²) < 4.78 is 11.1. The number of ether oxygens (including phenoxy) is 2. The number of fused-ring (bicyclic) bond motifs is 1. The number of rotatable bonds is 4. The number of carbonyl (C=O) groups is 1. The van der Waals surface area contributed by atoms with Crippen LogP contribution in [0.1, 0.15) is 22.3 Å². The topological polar surface area (TPSA) is 56.8 Å². The van der Waals surface area contributed by atoms with Gasteiger partial charge >= 0.3 is 0 Å². The molecule has 0 aromatic heterocycles. The zero-order valence-electron chi connectivity index (χ0n) is 12.4. The van der Waals surface area contributed by atoms with Gasteiger partial charge in [0, 0.05) is 12.0 Å². The van der Waals surface area contributed by atoms with Gasteiger partial charge in [0.1, 0.15) is 0 Å². The SMILES string of the molecule is O=C(NOCc1ccccc1)c1cc(Cl)c2c(c1)OCCCO2. The van der Waals surface area contributed by atoms with E-state index < -0.39 is 5.91 Å².